The van der Waals surface area contributed by atoms with Gasteiger partial charge in [-0.25, -0.2) is 4.98 Å². The zero-order valence-corrected chi connectivity index (χ0v) is 19.0. The van der Waals surface area contributed by atoms with Gasteiger partial charge in [-0.3, -0.25) is 24.3 Å². The standard InChI is InChI=1S/C22H21N5O3S2/c1-2-26-17-8-4-3-7-16(17)25-21(26)31-14-19(28)24-10-11-27-20(29)18(32-22(27)30)12-15-6-5-9-23-13-15/h3-9,12-13H,2,10-11,14H2,1H3,(H,24,28). The molecule has 0 atom stereocenters. The molecule has 1 saturated heterocycles. The predicted octanol–water partition coefficient (Wildman–Crippen LogP) is 3.40. The number of rotatable bonds is 8. The summed E-state index contributed by atoms with van der Waals surface area (Å²) in [5.74, 6) is -0.335. The summed E-state index contributed by atoms with van der Waals surface area (Å²) in [5, 5.41) is 3.22. The van der Waals surface area contributed by atoms with E-state index in [1.807, 2.05) is 37.3 Å². The lowest BCUT2D eigenvalue weighted by Gasteiger charge is -2.13. The highest BCUT2D eigenvalue weighted by Gasteiger charge is 2.34. The average Bonchev–Trinajstić information content (AvgIpc) is 3.29. The van der Waals surface area contributed by atoms with Crippen LogP contribution >= 0.6 is 23.5 Å². The molecule has 1 N–H and O–H groups in total. The van der Waals surface area contributed by atoms with E-state index >= 15 is 0 Å². The first-order valence-electron chi connectivity index (χ1n) is 10.1. The topological polar surface area (TPSA) is 97.2 Å². The van der Waals surface area contributed by atoms with Crippen LogP contribution in [0.3, 0.4) is 0 Å². The van der Waals surface area contributed by atoms with Crippen LogP contribution in [0.1, 0.15) is 12.5 Å². The van der Waals surface area contributed by atoms with Crippen molar-refractivity contribution in [3.8, 4) is 0 Å². The van der Waals surface area contributed by atoms with E-state index in [1.54, 1.807) is 24.5 Å². The van der Waals surface area contributed by atoms with Gasteiger partial charge in [-0.05, 0) is 48.5 Å². The third-order valence-corrected chi connectivity index (χ3v) is 6.67. The number of thioether (sulfide) groups is 2. The van der Waals surface area contributed by atoms with Crippen LogP contribution in [0.5, 0.6) is 0 Å². The molecule has 0 radical (unpaired) electrons. The van der Waals surface area contributed by atoms with Gasteiger partial charge in [0, 0.05) is 32.0 Å². The Balaban J connectivity index is 1.28. The van der Waals surface area contributed by atoms with Gasteiger partial charge in [0.15, 0.2) is 5.16 Å². The number of para-hydroxylation sites is 2. The monoisotopic (exact) mass is 467 g/mol. The van der Waals surface area contributed by atoms with Crippen molar-refractivity contribution in [2.75, 3.05) is 18.8 Å². The van der Waals surface area contributed by atoms with Gasteiger partial charge in [0.1, 0.15) is 0 Å². The Hall–Kier alpha value is -3.11. The molecule has 3 aromatic rings. The van der Waals surface area contributed by atoms with Crippen molar-refractivity contribution < 1.29 is 14.4 Å². The van der Waals surface area contributed by atoms with Gasteiger partial charge in [0.25, 0.3) is 11.1 Å². The van der Waals surface area contributed by atoms with Crippen LogP contribution in [0.4, 0.5) is 4.79 Å². The normalized spacial score (nSPS) is 15.2. The molecule has 10 heteroatoms. The minimum atomic E-state index is -0.357. The Morgan fingerprint density at radius 2 is 2.06 bits per heavy atom. The molecule has 1 fully saturated rings. The summed E-state index contributed by atoms with van der Waals surface area (Å²) in [6, 6.07) is 11.4. The molecule has 0 spiro atoms. The molecule has 8 nitrogen and oxygen atoms in total. The highest BCUT2D eigenvalue weighted by Crippen LogP contribution is 2.31. The maximum absolute atomic E-state index is 12.5. The lowest BCUT2D eigenvalue weighted by atomic mass is 10.2. The lowest BCUT2D eigenvalue weighted by Crippen LogP contribution is -2.37. The van der Waals surface area contributed by atoms with Gasteiger partial charge in [-0.1, -0.05) is 30.0 Å². The molecule has 1 aromatic carbocycles. The zero-order chi connectivity index (χ0) is 22.5. The van der Waals surface area contributed by atoms with Crippen molar-refractivity contribution >= 4 is 57.7 Å². The summed E-state index contributed by atoms with van der Waals surface area (Å²) in [5.41, 5.74) is 2.69. The average molecular weight is 468 g/mol. The van der Waals surface area contributed by atoms with Crippen molar-refractivity contribution in [2.24, 2.45) is 0 Å². The maximum Gasteiger partial charge on any atom is 0.293 e. The number of aryl methyl sites for hydroxylation is 1. The lowest BCUT2D eigenvalue weighted by molar-refractivity contribution is -0.123. The zero-order valence-electron chi connectivity index (χ0n) is 17.4. The molecule has 0 unspecified atom stereocenters. The second-order valence-corrected chi connectivity index (χ2v) is 8.82. The number of hydrogen-bond acceptors (Lipinski definition) is 7. The van der Waals surface area contributed by atoms with E-state index in [1.165, 1.54) is 11.8 Å². The van der Waals surface area contributed by atoms with Crippen molar-refractivity contribution in [1.29, 1.82) is 0 Å². The summed E-state index contributed by atoms with van der Waals surface area (Å²) >= 11 is 2.26. The third-order valence-electron chi connectivity index (χ3n) is 4.78. The fourth-order valence-corrected chi connectivity index (χ4v) is 5.04. The van der Waals surface area contributed by atoms with E-state index in [4.69, 9.17) is 0 Å². The van der Waals surface area contributed by atoms with Crippen molar-refractivity contribution in [3.05, 3.63) is 59.3 Å². The Morgan fingerprint density at radius 3 is 2.84 bits per heavy atom. The second kappa shape index (κ2) is 10.0. The smallest absolute Gasteiger partial charge is 0.293 e. The van der Waals surface area contributed by atoms with Crippen LogP contribution in [-0.2, 0) is 16.1 Å². The number of benzene rings is 1. The van der Waals surface area contributed by atoms with Crippen LogP contribution in [0.2, 0.25) is 0 Å². The predicted molar refractivity (Wildman–Crippen MR) is 126 cm³/mol. The van der Waals surface area contributed by atoms with Crippen molar-refractivity contribution in [2.45, 2.75) is 18.6 Å². The molecule has 1 aliphatic rings. The highest BCUT2D eigenvalue weighted by molar-refractivity contribution is 8.18. The Labute approximate surface area is 193 Å². The maximum atomic E-state index is 12.5. The van der Waals surface area contributed by atoms with Crippen LogP contribution in [0, 0.1) is 0 Å². The minimum Gasteiger partial charge on any atom is -0.354 e. The van der Waals surface area contributed by atoms with Crippen molar-refractivity contribution in [1.82, 2.24) is 24.8 Å². The number of fused-ring (bicyclic) bond motifs is 1. The molecule has 0 aliphatic carbocycles. The summed E-state index contributed by atoms with van der Waals surface area (Å²) in [4.78, 5) is 47.1. The number of pyridine rings is 1. The van der Waals surface area contributed by atoms with E-state index in [2.05, 4.69) is 19.9 Å². The van der Waals surface area contributed by atoms with Gasteiger partial charge in [0.05, 0.1) is 21.7 Å². The highest BCUT2D eigenvalue weighted by atomic mass is 32.2. The first-order valence-corrected chi connectivity index (χ1v) is 11.9. The number of imidazole rings is 1. The molecule has 0 bridgehead atoms. The fourth-order valence-electron chi connectivity index (χ4n) is 3.26. The first-order chi connectivity index (χ1) is 15.6. The second-order valence-electron chi connectivity index (χ2n) is 6.89. The quantitative estimate of drug-likeness (QED) is 0.401. The van der Waals surface area contributed by atoms with Crippen LogP contribution in [-0.4, -0.2) is 55.3 Å². The van der Waals surface area contributed by atoms with Gasteiger partial charge in [0.2, 0.25) is 5.91 Å². The number of amides is 3. The van der Waals surface area contributed by atoms with Crippen molar-refractivity contribution in [3.63, 3.8) is 0 Å². The van der Waals surface area contributed by atoms with E-state index < -0.39 is 0 Å². The summed E-state index contributed by atoms with van der Waals surface area (Å²) in [7, 11) is 0. The molecule has 0 saturated carbocycles. The fraction of sp³-hybridized carbons (Fsp3) is 0.227. The first kappa shape index (κ1) is 22.1. The summed E-state index contributed by atoms with van der Waals surface area (Å²) in [6.07, 6.45) is 4.91. The molecule has 32 heavy (non-hydrogen) atoms. The Kier molecular flexibility index (Phi) is 6.91. The van der Waals surface area contributed by atoms with Gasteiger partial charge < -0.3 is 9.88 Å². The molecule has 164 valence electrons. The van der Waals surface area contributed by atoms with E-state index in [-0.39, 0.29) is 35.9 Å². The Bertz CT molecular complexity index is 1190. The molecule has 1 aliphatic heterocycles. The third kappa shape index (κ3) is 4.86. The summed E-state index contributed by atoms with van der Waals surface area (Å²) < 4.78 is 2.07. The molecule has 3 amide bonds. The van der Waals surface area contributed by atoms with Gasteiger partial charge >= 0.3 is 0 Å². The van der Waals surface area contributed by atoms with E-state index in [0.717, 1.165) is 45.0 Å². The number of hydrogen-bond donors (Lipinski definition) is 1. The van der Waals surface area contributed by atoms with Crippen LogP contribution in [0.15, 0.2) is 58.9 Å². The SMILES string of the molecule is CCn1c(SCC(=O)NCCN2C(=O)SC(=Cc3cccnc3)C2=O)nc2ccccc21. The number of carbonyl (C=O) groups is 3. The summed E-state index contributed by atoms with van der Waals surface area (Å²) in [6.45, 7) is 3.12. The molecule has 4 rings (SSSR count). The largest absolute Gasteiger partial charge is 0.354 e. The number of nitrogens with zero attached hydrogens (tertiary/aromatic N) is 4. The molecular formula is C22H21N5O3S2. The number of carbonyl (C=O) groups excluding carboxylic acids is 3. The van der Waals surface area contributed by atoms with Gasteiger partial charge in [-0.2, -0.15) is 0 Å². The van der Waals surface area contributed by atoms with E-state index in [0.29, 0.717) is 4.91 Å². The Morgan fingerprint density at radius 1 is 1.22 bits per heavy atom. The molecule has 3 heterocycles. The van der Waals surface area contributed by atoms with Gasteiger partial charge in [-0.15, -0.1) is 0 Å². The van der Waals surface area contributed by atoms with E-state index in [9.17, 15) is 14.4 Å². The number of nitrogens with one attached hydrogen (secondary N) is 1. The minimum absolute atomic E-state index is 0.124. The van der Waals surface area contributed by atoms with Crippen LogP contribution < -0.4 is 5.32 Å². The van der Waals surface area contributed by atoms with Crippen LogP contribution in [0.25, 0.3) is 17.1 Å². The molecular weight excluding hydrogens is 446 g/mol. The number of imide groups is 1. The molecule has 2 aromatic heterocycles. The number of aromatic nitrogens is 3.